The first-order chi connectivity index (χ1) is 46.6. The largest absolute Gasteiger partial charge is 0.504 e. The van der Waals surface area contributed by atoms with Crippen LogP contribution in [0.15, 0.2) is 97.1 Å². The Morgan fingerprint density at radius 2 is 0.505 bits per heavy atom. The molecule has 20 N–H and O–H groups in total. The topological polar surface area (TPSA) is 624 Å². The van der Waals surface area contributed by atoms with Crippen LogP contribution in [0.2, 0.25) is 0 Å². The van der Waals surface area contributed by atoms with Crippen LogP contribution in [-0.2, 0) is 23.7 Å². The third-order valence-electron chi connectivity index (χ3n) is 13.8. The van der Waals surface area contributed by atoms with E-state index >= 15 is 0 Å². The number of hydrogen-bond acceptors (Lipinski definition) is 37. The van der Waals surface area contributed by atoms with Crippen molar-refractivity contribution in [1.82, 2.24) is 0 Å². The maximum absolute atomic E-state index is 14.5. The first kappa shape index (κ1) is 68.8. The fourth-order valence-corrected chi connectivity index (χ4v) is 8.87. The van der Waals surface area contributed by atoms with Gasteiger partial charge in [-0.1, -0.05) is 0 Å². The van der Waals surface area contributed by atoms with Crippen LogP contribution in [0.4, 0.5) is 0 Å². The zero-order valence-electron chi connectivity index (χ0n) is 48.8. The van der Waals surface area contributed by atoms with Crippen LogP contribution in [0, 0.1) is 0 Å². The summed E-state index contributed by atoms with van der Waals surface area (Å²) in [6, 6.07) is 8.91. The Morgan fingerprint density at radius 1 is 0.283 bits per heavy atom. The summed E-state index contributed by atoms with van der Waals surface area (Å²) in [6.07, 6.45) is -10.3. The second-order valence-corrected chi connectivity index (χ2v) is 20.5. The smallest absolute Gasteiger partial charge is 0.343 e. The van der Waals surface area contributed by atoms with E-state index < -0.39 is 268 Å². The maximum atomic E-state index is 14.5. The Bertz CT molecular complexity index is 4610. The lowest BCUT2D eigenvalue weighted by Crippen LogP contribution is -2.54. The lowest BCUT2D eigenvalue weighted by Gasteiger charge is -2.39. The van der Waals surface area contributed by atoms with Gasteiger partial charge in [0.25, 0.3) is 0 Å². The van der Waals surface area contributed by atoms with E-state index in [0.717, 1.165) is 0 Å². The van der Waals surface area contributed by atoms with E-state index in [2.05, 4.69) is 0 Å². The number of aromatic hydroxyl groups is 20. The second kappa shape index (κ2) is 27.2. The summed E-state index contributed by atoms with van der Waals surface area (Å²) in [7, 11) is 0. The van der Waals surface area contributed by atoms with E-state index in [1.54, 1.807) is 0 Å². The highest BCUT2D eigenvalue weighted by atomic mass is 16.7. The SMILES string of the molecule is O=C(OC[C@H]1O[C@H](OC(=O)c2cc(O)c(O)c(OC(=O)c3cc(O)c(O)c(O)c3)c2)C[C@@H](OC(=O)c2cc(O)c(O)c(OC(=O)c3cc(O)c(O)c(O)c3)c2)[C@@H]1OC(=O)c1cc(O)c(O)c(OC(=O)c2cc(O)c(O)c(O)c2)c1)c1cc(O)c(O)c(OC(=O)c2cc(O)c(O)c(O)c2)c1. The highest BCUT2D eigenvalue weighted by molar-refractivity contribution is 5.99. The van der Waals surface area contributed by atoms with Gasteiger partial charge < -0.3 is 145 Å². The van der Waals surface area contributed by atoms with Gasteiger partial charge in [-0.3, -0.25) is 0 Å². The summed E-state index contributed by atoms with van der Waals surface area (Å²) >= 11 is 0. The zero-order valence-corrected chi connectivity index (χ0v) is 48.8. The fraction of sp³-hybridized carbons (Fsp3) is 0.0968. The molecule has 0 bridgehead atoms. The van der Waals surface area contributed by atoms with Gasteiger partial charge >= 0.3 is 47.8 Å². The minimum atomic E-state index is -2.36. The van der Waals surface area contributed by atoms with Crippen molar-refractivity contribution < 1.29 is 183 Å². The molecule has 1 heterocycles. The molecule has 0 aliphatic carbocycles. The maximum Gasteiger partial charge on any atom is 0.343 e. The Labute approximate surface area is 546 Å². The molecule has 4 atom stereocenters. The molecular weight excluding hydrogens is 1340 g/mol. The van der Waals surface area contributed by atoms with E-state index in [1.165, 1.54) is 0 Å². The minimum Gasteiger partial charge on any atom is -0.504 e. The van der Waals surface area contributed by atoms with Crippen LogP contribution in [0.1, 0.15) is 89.3 Å². The van der Waals surface area contributed by atoms with Crippen LogP contribution >= 0.6 is 0 Å². The zero-order chi connectivity index (χ0) is 72.5. The molecule has 8 aromatic rings. The highest BCUT2D eigenvalue weighted by Crippen LogP contribution is 2.45. The van der Waals surface area contributed by atoms with E-state index in [1.807, 2.05) is 0 Å². The van der Waals surface area contributed by atoms with Gasteiger partial charge in [0.15, 0.2) is 121 Å². The van der Waals surface area contributed by atoms with Crippen LogP contribution in [0.25, 0.3) is 0 Å². The molecule has 1 aliphatic rings. The van der Waals surface area contributed by atoms with Crippen molar-refractivity contribution in [2.24, 2.45) is 0 Å². The first-order valence-electron chi connectivity index (χ1n) is 27.2. The lowest BCUT2D eigenvalue weighted by atomic mass is 10.0. The van der Waals surface area contributed by atoms with Crippen LogP contribution in [0.5, 0.6) is 138 Å². The Hall–Kier alpha value is -14.5. The van der Waals surface area contributed by atoms with E-state index in [0.29, 0.717) is 97.1 Å². The van der Waals surface area contributed by atoms with Gasteiger partial charge in [-0.2, -0.15) is 0 Å². The molecule has 1 aliphatic heterocycles. The van der Waals surface area contributed by atoms with Gasteiger partial charge in [0.2, 0.25) is 29.3 Å². The van der Waals surface area contributed by atoms with E-state index in [4.69, 9.17) is 42.6 Å². The molecule has 8 aromatic carbocycles. The standard InChI is InChI=1S/C62H44O37/c63-27-1-19(2-28(64)46(27)75)56(84)93-39-13-23(9-35(71)50(39)79)55(83)91-18-44-54(99-62(90)26-12-38(74)53(82)42(16-26)96-59(87)22-7-33(69)49(78)34(70)8-22)43(97-60(88)24-10-36(72)51(80)40(14-24)94-57(85)20-3-29(65)47(76)30(66)4-20)17-45(92-44)98-61(89)25-11-37(73)52(81)41(15-25)95-58(86)21-5-31(67)48(77)32(68)6-21/h1-16,43-45,54,63-82H,17-18H2/t43-,44-,45-,54+/m1/s1. The number of carbonyl (C=O) groups excluding carboxylic acids is 8. The van der Waals surface area contributed by atoms with Gasteiger partial charge in [0, 0.05) is 0 Å². The molecule has 37 heteroatoms. The van der Waals surface area contributed by atoms with Gasteiger partial charge in [0.05, 0.1) is 50.9 Å². The van der Waals surface area contributed by atoms with E-state index in [-0.39, 0.29) is 0 Å². The van der Waals surface area contributed by atoms with Crippen molar-refractivity contribution in [2.75, 3.05) is 6.61 Å². The van der Waals surface area contributed by atoms with Crippen molar-refractivity contribution in [3.05, 3.63) is 142 Å². The summed E-state index contributed by atoms with van der Waals surface area (Å²) in [5.41, 5.74) is -6.34. The summed E-state index contributed by atoms with van der Waals surface area (Å²) in [5.74, 6) is -39.6. The molecule has 1 saturated heterocycles. The number of carbonyl (C=O) groups is 8. The number of phenolic OH excluding ortho intramolecular Hbond substituents is 20. The molecule has 1 fully saturated rings. The van der Waals surface area contributed by atoms with Gasteiger partial charge in [-0.15, -0.1) is 0 Å². The average molecular weight is 1380 g/mol. The minimum absolute atomic E-state index is 0.478. The Kier molecular flexibility index (Phi) is 18.9. The number of phenols is 20. The van der Waals surface area contributed by atoms with Gasteiger partial charge in [0.1, 0.15) is 18.8 Å². The third kappa shape index (κ3) is 14.7. The average Bonchev–Trinajstić information content (AvgIpc) is 0.804. The van der Waals surface area contributed by atoms with Gasteiger partial charge in [-0.05, 0) is 97.1 Å². The molecule has 0 aromatic heterocycles. The Morgan fingerprint density at radius 3 is 0.778 bits per heavy atom. The van der Waals surface area contributed by atoms with E-state index in [9.17, 15) is 140 Å². The second-order valence-electron chi connectivity index (χ2n) is 20.5. The van der Waals surface area contributed by atoms with Crippen molar-refractivity contribution in [1.29, 1.82) is 0 Å². The number of ether oxygens (including phenoxy) is 9. The monoisotopic (exact) mass is 1380 g/mol. The molecule has 0 spiro atoms. The van der Waals surface area contributed by atoms with Crippen molar-refractivity contribution in [2.45, 2.75) is 31.0 Å². The predicted molar refractivity (Wildman–Crippen MR) is 312 cm³/mol. The van der Waals surface area contributed by atoms with Crippen molar-refractivity contribution in [3.8, 4) is 138 Å². The molecule has 9 rings (SSSR count). The van der Waals surface area contributed by atoms with Gasteiger partial charge in [-0.25, -0.2) is 38.4 Å². The molecule has 99 heavy (non-hydrogen) atoms. The quantitative estimate of drug-likeness (QED) is 0.0262. The summed E-state index contributed by atoms with van der Waals surface area (Å²) in [6.45, 7) is -1.37. The molecule has 0 unspecified atom stereocenters. The molecule has 37 nitrogen and oxygen atoms in total. The number of hydrogen-bond donors (Lipinski definition) is 20. The first-order valence-corrected chi connectivity index (χ1v) is 27.2. The highest BCUT2D eigenvalue weighted by Gasteiger charge is 2.47. The predicted octanol–water partition coefficient (Wildman–Crippen LogP) is 4.26. The normalized spacial score (nSPS) is 14.7. The third-order valence-corrected chi connectivity index (χ3v) is 13.8. The van der Waals surface area contributed by atoms with Crippen molar-refractivity contribution in [3.63, 3.8) is 0 Å². The fourth-order valence-electron chi connectivity index (χ4n) is 8.87. The van der Waals surface area contributed by atoms with Crippen LogP contribution in [-0.4, -0.2) is 181 Å². The Balaban J connectivity index is 1.10. The van der Waals surface area contributed by atoms with Crippen LogP contribution in [0.3, 0.4) is 0 Å². The summed E-state index contributed by atoms with van der Waals surface area (Å²) in [5, 5.41) is 205. The number of benzene rings is 8. The molecule has 0 saturated carbocycles. The summed E-state index contributed by atoms with van der Waals surface area (Å²) < 4.78 is 48.7. The molecular formula is C62H44O37. The number of esters is 8. The molecule has 0 radical (unpaired) electrons. The number of rotatable bonds is 17. The van der Waals surface area contributed by atoms with Crippen molar-refractivity contribution >= 4 is 47.8 Å². The lowest BCUT2D eigenvalue weighted by molar-refractivity contribution is -0.238. The molecule has 0 amide bonds. The summed E-state index contributed by atoms with van der Waals surface area (Å²) in [4.78, 5) is 110. The molecule has 514 valence electrons. The van der Waals surface area contributed by atoms with Crippen LogP contribution < -0.4 is 18.9 Å².